The van der Waals surface area contributed by atoms with Gasteiger partial charge in [0.2, 0.25) is 10.0 Å². The zero-order valence-electron chi connectivity index (χ0n) is 13.3. The standard InChI is InChI=1S/C16H20N2O3S2/c1-12(2)18(3)23(20,21)15-8-4-6-13(10-15)16(19)17-11-14-7-5-9-22-14/h4-10,12H,11H2,1-3H3,(H,17,19). The van der Waals surface area contributed by atoms with Crippen LogP contribution in [0.4, 0.5) is 0 Å². The zero-order valence-corrected chi connectivity index (χ0v) is 14.9. The summed E-state index contributed by atoms with van der Waals surface area (Å²) in [5, 5.41) is 4.74. The Kier molecular flexibility index (Phi) is 5.56. The molecule has 0 atom stereocenters. The average Bonchev–Trinajstić information content (AvgIpc) is 3.05. The van der Waals surface area contributed by atoms with E-state index in [1.807, 2.05) is 17.5 Å². The van der Waals surface area contributed by atoms with Crippen molar-refractivity contribution in [1.29, 1.82) is 0 Å². The highest BCUT2D eigenvalue weighted by atomic mass is 32.2. The first-order valence-electron chi connectivity index (χ1n) is 7.21. The predicted molar refractivity (Wildman–Crippen MR) is 92.0 cm³/mol. The maximum Gasteiger partial charge on any atom is 0.251 e. The highest BCUT2D eigenvalue weighted by Crippen LogP contribution is 2.18. The van der Waals surface area contributed by atoms with Crippen LogP contribution in [-0.2, 0) is 16.6 Å². The van der Waals surface area contributed by atoms with Crippen molar-refractivity contribution in [3.63, 3.8) is 0 Å². The molecule has 1 heterocycles. The number of rotatable bonds is 6. The van der Waals surface area contributed by atoms with Gasteiger partial charge in [-0.1, -0.05) is 12.1 Å². The number of amides is 1. The summed E-state index contributed by atoms with van der Waals surface area (Å²) in [6.45, 7) is 4.03. The van der Waals surface area contributed by atoms with Crippen LogP contribution < -0.4 is 5.32 Å². The molecule has 0 radical (unpaired) electrons. The SMILES string of the molecule is CC(C)N(C)S(=O)(=O)c1cccc(C(=O)NCc2cccs2)c1. The number of hydrogen-bond acceptors (Lipinski definition) is 4. The lowest BCUT2D eigenvalue weighted by Crippen LogP contribution is -2.33. The minimum Gasteiger partial charge on any atom is -0.347 e. The summed E-state index contributed by atoms with van der Waals surface area (Å²) < 4.78 is 26.3. The molecule has 0 saturated carbocycles. The molecule has 23 heavy (non-hydrogen) atoms. The van der Waals surface area contributed by atoms with Crippen LogP contribution in [0.25, 0.3) is 0 Å². The van der Waals surface area contributed by atoms with Crippen molar-refractivity contribution in [3.8, 4) is 0 Å². The fraction of sp³-hybridized carbons (Fsp3) is 0.312. The molecule has 7 heteroatoms. The van der Waals surface area contributed by atoms with Crippen LogP contribution in [0.1, 0.15) is 29.1 Å². The van der Waals surface area contributed by atoms with Crippen molar-refractivity contribution in [2.45, 2.75) is 31.3 Å². The maximum atomic E-state index is 12.5. The summed E-state index contributed by atoms with van der Waals surface area (Å²) >= 11 is 1.56. The van der Waals surface area contributed by atoms with E-state index in [4.69, 9.17) is 0 Å². The van der Waals surface area contributed by atoms with E-state index in [-0.39, 0.29) is 16.8 Å². The van der Waals surface area contributed by atoms with Crippen LogP contribution in [0, 0.1) is 0 Å². The number of benzene rings is 1. The molecule has 0 fully saturated rings. The second-order valence-corrected chi connectivity index (χ2v) is 8.43. The Morgan fingerprint density at radius 1 is 1.26 bits per heavy atom. The molecule has 1 amide bonds. The number of sulfonamides is 1. The first-order chi connectivity index (χ1) is 10.8. The highest BCUT2D eigenvalue weighted by molar-refractivity contribution is 7.89. The van der Waals surface area contributed by atoms with Crippen molar-refractivity contribution in [2.75, 3.05) is 7.05 Å². The molecule has 0 unspecified atom stereocenters. The van der Waals surface area contributed by atoms with Crippen LogP contribution in [0.5, 0.6) is 0 Å². The summed E-state index contributed by atoms with van der Waals surface area (Å²) in [5.41, 5.74) is 0.333. The number of hydrogen-bond donors (Lipinski definition) is 1. The third-order valence-electron chi connectivity index (χ3n) is 3.50. The van der Waals surface area contributed by atoms with Crippen molar-refractivity contribution in [2.24, 2.45) is 0 Å². The fourth-order valence-corrected chi connectivity index (χ4v) is 3.98. The first kappa shape index (κ1) is 17.7. The van der Waals surface area contributed by atoms with Crippen molar-refractivity contribution in [3.05, 3.63) is 52.2 Å². The largest absolute Gasteiger partial charge is 0.347 e. The van der Waals surface area contributed by atoms with Crippen LogP contribution in [0.2, 0.25) is 0 Å². The Hall–Kier alpha value is -1.70. The highest BCUT2D eigenvalue weighted by Gasteiger charge is 2.23. The lowest BCUT2D eigenvalue weighted by molar-refractivity contribution is 0.0951. The number of carbonyl (C=O) groups is 1. The number of nitrogens with one attached hydrogen (secondary N) is 1. The summed E-state index contributed by atoms with van der Waals surface area (Å²) in [6, 6.07) is 9.81. The molecule has 2 aromatic rings. The van der Waals surface area contributed by atoms with Gasteiger partial charge in [0.15, 0.2) is 0 Å². The molecule has 0 aliphatic carbocycles. The number of carbonyl (C=O) groups excluding carboxylic acids is 1. The minimum absolute atomic E-state index is 0.123. The molecule has 0 saturated heterocycles. The van der Waals surface area contributed by atoms with E-state index in [2.05, 4.69) is 5.32 Å². The van der Waals surface area contributed by atoms with Crippen LogP contribution in [0.3, 0.4) is 0 Å². The lowest BCUT2D eigenvalue weighted by Gasteiger charge is -2.21. The number of thiophene rings is 1. The van der Waals surface area contributed by atoms with Crippen molar-refractivity contribution in [1.82, 2.24) is 9.62 Å². The summed E-state index contributed by atoms with van der Waals surface area (Å²) in [6.07, 6.45) is 0. The van der Waals surface area contributed by atoms with Gasteiger partial charge < -0.3 is 5.32 Å². The summed E-state index contributed by atoms with van der Waals surface area (Å²) in [4.78, 5) is 13.4. The van der Waals surface area contributed by atoms with E-state index in [1.165, 1.54) is 23.5 Å². The summed E-state index contributed by atoms with van der Waals surface area (Å²) in [5.74, 6) is -0.289. The van der Waals surface area contributed by atoms with Gasteiger partial charge in [-0.05, 0) is 43.5 Å². The normalized spacial score (nSPS) is 11.9. The topological polar surface area (TPSA) is 66.5 Å². The number of nitrogens with zero attached hydrogens (tertiary/aromatic N) is 1. The van der Waals surface area contributed by atoms with Gasteiger partial charge in [-0.2, -0.15) is 4.31 Å². The zero-order chi connectivity index (χ0) is 17.0. The predicted octanol–water partition coefficient (Wildman–Crippen LogP) is 2.71. The van der Waals surface area contributed by atoms with Gasteiger partial charge in [0, 0.05) is 23.5 Å². The lowest BCUT2D eigenvalue weighted by atomic mass is 10.2. The van der Waals surface area contributed by atoms with E-state index < -0.39 is 10.0 Å². The molecule has 124 valence electrons. The van der Waals surface area contributed by atoms with Crippen LogP contribution in [0.15, 0.2) is 46.7 Å². The van der Waals surface area contributed by atoms with Crippen LogP contribution >= 0.6 is 11.3 Å². The van der Waals surface area contributed by atoms with Gasteiger partial charge in [-0.15, -0.1) is 11.3 Å². The van der Waals surface area contributed by atoms with E-state index in [1.54, 1.807) is 37.3 Å². The third kappa shape index (κ3) is 4.19. The molecule has 0 aliphatic heterocycles. The second-order valence-electron chi connectivity index (χ2n) is 5.40. The second kappa shape index (κ2) is 7.25. The summed E-state index contributed by atoms with van der Waals surface area (Å²) in [7, 11) is -2.07. The fourth-order valence-electron chi connectivity index (χ4n) is 1.92. The molecule has 1 N–H and O–H groups in total. The quantitative estimate of drug-likeness (QED) is 0.869. The monoisotopic (exact) mass is 352 g/mol. The Bertz CT molecular complexity index is 768. The maximum absolute atomic E-state index is 12.5. The Labute approximate surface area is 141 Å². The van der Waals surface area contributed by atoms with Gasteiger partial charge in [0.1, 0.15) is 0 Å². The Balaban J connectivity index is 2.17. The average molecular weight is 352 g/mol. The molecule has 2 rings (SSSR count). The Morgan fingerprint density at radius 2 is 2.00 bits per heavy atom. The van der Waals surface area contributed by atoms with Crippen molar-refractivity contribution >= 4 is 27.3 Å². The van der Waals surface area contributed by atoms with E-state index in [0.29, 0.717) is 12.1 Å². The Morgan fingerprint density at radius 3 is 2.61 bits per heavy atom. The molecule has 0 spiro atoms. The van der Waals surface area contributed by atoms with Gasteiger partial charge in [-0.3, -0.25) is 4.79 Å². The van der Waals surface area contributed by atoms with Crippen LogP contribution in [-0.4, -0.2) is 31.7 Å². The minimum atomic E-state index is -3.60. The molecular weight excluding hydrogens is 332 g/mol. The first-order valence-corrected chi connectivity index (χ1v) is 9.53. The molecular formula is C16H20N2O3S2. The van der Waals surface area contributed by atoms with Crippen molar-refractivity contribution < 1.29 is 13.2 Å². The smallest absolute Gasteiger partial charge is 0.251 e. The van der Waals surface area contributed by atoms with E-state index in [0.717, 1.165) is 4.88 Å². The van der Waals surface area contributed by atoms with E-state index in [9.17, 15) is 13.2 Å². The third-order valence-corrected chi connectivity index (χ3v) is 6.41. The van der Waals surface area contributed by atoms with E-state index >= 15 is 0 Å². The molecule has 5 nitrogen and oxygen atoms in total. The van der Waals surface area contributed by atoms with Gasteiger partial charge >= 0.3 is 0 Å². The molecule has 1 aromatic heterocycles. The van der Waals surface area contributed by atoms with Gasteiger partial charge in [-0.25, -0.2) is 8.42 Å². The molecule has 1 aromatic carbocycles. The molecule has 0 aliphatic rings. The van der Waals surface area contributed by atoms with Gasteiger partial charge in [0.25, 0.3) is 5.91 Å². The van der Waals surface area contributed by atoms with Gasteiger partial charge in [0.05, 0.1) is 11.4 Å². The molecule has 0 bridgehead atoms.